The monoisotopic (exact) mass is 227 g/mol. The normalized spacial score (nSPS) is 10.1. The fourth-order valence-electron chi connectivity index (χ4n) is 1.71. The molecule has 0 spiro atoms. The average molecular weight is 227 g/mol. The summed E-state index contributed by atoms with van der Waals surface area (Å²) in [7, 11) is 5.97. The van der Waals surface area contributed by atoms with Gasteiger partial charge in [-0.3, -0.25) is 0 Å². The maximum Gasteiger partial charge on any atom is 0.126 e. The minimum Gasteiger partial charge on any atom is -0.378 e. The number of aromatic nitrogens is 1. The molecule has 1 N–H and O–H groups in total. The first-order valence-corrected chi connectivity index (χ1v) is 5.62. The van der Waals surface area contributed by atoms with E-state index in [9.17, 15) is 0 Å². The Bertz CT molecular complexity index is 506. The predicted molar refractivity (Wildman–Crippen MR) is 73.5 cm³/mol. The molecule has 0 unspecified atom stereocenters. The predicted octanol–water partition coefficient (Wildman–Crippen LogP) is 2.86. The largest absolute Gasteiger partial charge is 0.378 e. The lowest BCUT2D eigenvalue weighted by molar-refractivity contribution is 1.13. The van der Waals surface area contributed by atoms with Crippen molar-refractivity contribution in [2.24, 2.45) is 0 Å². The molecule has 0 aliphatic carbocycles. The zero-order valence-corrected chi connectivity index (χ0v) is 10.4. The molecule has 2 aromatic rings. The van der Waals surface area contributed by atoms with Crippen molar-refractivity contribution in [1.82, 2.24) is 4.98 Å². The van der Waals surface area contributed by atoms with E-state index < -0.39 is 0 Å². The molecule has 1 aromatic heterocycles. The van der Waals surface area contributed by atoms with Crippen LogP contribution in [0.5, 0.6) is 0 Å². The molecule has 0 aliphatic heterocycles. The van der Waals surface area contributed by atoms with Crippen LogP contribution in [0.1, 0.15) is 0 Å². The Labute approximate surface area is 102 Å². The summed E-state index contributed by atoms with van der Waals surface area (Å²) in [5.41, 5.74) is 3.58. The molecule has 0 saturated heterocycles. The average Bonchev–Trinajstić information content (AvgIpc) is 2.39. The standard InChI is InChI=1S/C14H17N3/c1-15-14-10-12(7-8-16-14)11-5-4-6-13(9-11)17(2)3/h4-10H,1-3H3,(H,15,16). The van der Waals surface area contributed by atoms with Gasteiger partial charge < -0.3 is 10.2 Å². The van der Waals surface area contributed by atoms with Gasteiger partial charge in [0, 0.05) is 33.0 Å². The lowest BCUT2D eigenvalue weighted by Gasteiger charge is -2.13. The number of pyridine rings is 1. The van der Waals surface area contributed by atoms with Crippen LogP contribution in [0.15, 0.2) is 42.6 Å². The minimum absolute atomic E-state index is 0.887. The Morgan fingerprint density at radius 3 is 2.53 bits per heavy atom. The molecule has 0 atom stereocenters. The van der Waals surface area contributed by atoms with E-state index in [4.69, 9.17) is 0 Å². The van der Waals surface area contributed by atoms with Crippen molar-refractivity contribution in [3.05, 3.63) is 42.6 Å². The highest BCUT2D eigenvalue weighted by atomic mass is 15.1. The molecular weight excluding hydrogens is 210 g/mol. The van der Waals surface area contributed by atoms with Gasteiger partial charge in [-0.2, -0.15) is 0 Å². The molecule has 88 valence electrons. The van der Waals surface area contributed by atoms with Crippen LogP contribution < -0.4 is 10.2 Å². The number of nitrogens with zero attached hydrogens (tertiary/aromatic N) is 2. The molecule has 17 heavy (non-hydrogen) atoms. The van der Waals surface area contributed by atoms with Crippen molar-refractivity contribution >= 4 is 11.5 Å². The van der Waals surface area contributed by atoms with Gasteiger partial charge >= 0.3 is 0 Å². The lowest BCUT2D eigenvalue weighted by atomic mass is 10.1. The Hall–Kier alpha value is -2.03. The number of hydrogen-bond donors (Lipinski definition) is 1. The molecule has 0 aliphatic rings. The summed E-state index contributed by atoms with van der Waals surface area (Å²) >= 11 is 0. The smallest absolute Gasteiger partial charge is 0.126 e. The highest BCUT2D eigenvalue weighted by molar-refractivity contribution is 5.70. The van der Waals surface area contributed by atoms with Gasteiger partial charge in [-0.05, 0) is 35.4 Å². The zero-order valence-electron chi connectivity index (χ0n) is 10.4. The molecule has 3 heteroatoms. The van der Waals surface area contributed by atoms with Gasteiger partial charge in [-0.25, -0.2) is 4.98 Å². The van der Waals surface area contributed by atoms with Gasteiger partial charge in [0.1, 0.15) is 5.82 Å². The maximum absolute atomic E-state index is 4.22. The molecule has 0 fully saturated rings. The molecule has 0 radical (unpaired) electrons. The SMILES string of the molecule is CNc1cc(-c2cccc(N(C)C)c2)ccn1. The fourth-order valence-corrected chi connectivity index (χ4v) is 1.71. The number of rotatable bonds is 3. The van der Waals surface area contributed by atoms with Gasteiger partial charge in [0.2, 0.25) is 0 Å². The Morgan fingerprint density at radius 1 is 1.06 bits per heavy atom. The van der Waals surface area contributed by atoms with E-state index in [0.29, 0.717) is 0 Å². The maximum atomic E-state index is 4.22. The van der Waals surface area contributed by atoms with Crippen LogP contribution >= 0.6 is 0 Å². The van der Waals surface area contributed by atoms with Gasteiger partial charge in [-0.1, -0.05) is 12.1 Å². The molecule has 1 heterocycles. The number of nitrogens with one attached hydrogen (secondary N) is 1. The van der Waals surface area contributed by atoms with Crippen LogP contribution in [0.2, 0.25) is 0 Å². The van der Waals surface area contributed by atoms with Crippen molar-refractivity contribution in [3.63, 3.8) is 0 Å². The second-order valence-corrected chi connectivity index (χ2v) is 4.12. The zero-order chi connectivity index (χ0) is 12.3. The van der Waals surface area contributed by atoms with E-state index in [0.717, 1.165) is 5.82 Å². The van der Waals surface area contributed by atoms with Crippen LogP contribution in [0, 0.1) is 0 Å². The van der Waals surface area contributed by atoms with Crippen molar-refractivity contribution in [2.75, 3.05) is 31.4 Å². The van der Waals surface area contributed by atoms with Crippen LogP contribution in [-0.4, -0.2) is 26.1 Å². The summed E-state index contributed by atoms with van der Waals surface area (Å²) in [6, 6.07) is 12.5. The third-order valence-corrected chi connectivity index (χ3v) is 2.71. The first-order chi connectivity index (χ1) is 8.20. The first kappa shape index (κ1) is 11.5. The number of hydrogen-bond acceptors (Lipinski definition) is 3. The Kier molecular flexibility index (Phi) is 3.28. The summed E-state index contributed by atoms with van der Waals surface area (Å²) in [5.74, 6) is 0.887. The van der Waals surface area contributed by atoms with E-state index in [1.165, 1.54) is 16.8 Å². The van der Waals surface area contributed by atoms with Gasteiger partial charge in [0.25, 0.3) is 0 Å². The third-order valence-electron chi connectivity index (χ3n) is 2.71. The Balaban J connectivity index is 2.41. The highest BCUT2D eigenvalue weighted by Crippen LogP contribution is 2.24. The van der Waals surface area contributed by atoms with E-state index in [1.54, 1.807) is 0 Å². The highest BCUT2D eigenvalue weighted by Gasteiger charge is 2.01. The van der Waals surface area contributed by atoms with E-state index in [1.807, 2.05) is 33.4 Å². The second kappa shape index (κ2) is 4.87. The molecule has 0 saturated carbocycles. The molecule has 1 aromatic carbocycles. The van der Waals surface area contributed by atoms with Crippen LogP contribution in [0.4, 0.5) is 11.5 Å². The number of benzene rings is 1. The van der Waals surface area contributed by atoms with Crippen LogP contribution in [0.3, 0.4) is 0 Å². The van der Waals surface area contributed by atoms with Crippen molar-refractivity contribution in [3.8, 4) is 11.1 Å². The summed E-state index contributed by atoms with van der Waals surface area (Å²) in [6.45, 7) is 0. The molecule has 0 amide bonds. The molecule has 0 bridgehead atoms. The minimum atomic E-state index is 0.887. The van der Waals surface area contributed by atoms with E-state index in [-0.39, 0.29) is 0 Å². The van der Waals surface area contributed by atoms with Gasteiger partial charge in [-0.15, -0.1) is 0 Å². The van der Waals surface area contributed by atoms with Crippen molar-refractivity contribution in [1.29, 1.82) is 0 Å². The summed E-state index contributed by atoms with van der Waals surface area (Å²) in [4.78, 5) is 6.32. The third kappa shape index (κ3) is 2.56. The Morgan fingerprint density at radius 2 is 1.82 bits per heavy atom. The van der Waals surface area contributed by atoms with E-state index in [2.05, 4.69) is 45.5 Å². The summed E-state index contributed by atoms with van der Waals surface area (Å²) < 4.78 is 0. The lowest BCUT2D eigenvalue weighted by Crippen LogP contribution is -2.08. The fraction of sp³-hybridized carbons (Fsp3) is 0.214. The molecule has 3 nitrogen and oxygen atoms in total. The first-order valence-electron chi connectivity index (χ1n) is 5.62. The van der Waals surface area contributed by atoms with E-state index >= 15 is 0 Å². The number of anilines is 2. The van der Waals surface area contributed by atoms with Crippen molar-refractivity contribution in [2.45, 2.75) is 0 Å². The topological polar surface area (TPSA) is 28.2 Å². The van der Waals surface area contributed by atoms with Gasteiger partial charge in [0.05, 0.1) is 0 Å². The quantitative estimate of drug-likeness (QED) is 0.874. The summed E-state index contributed by atoms with van der Waals surface area (Å²) in [6.07, 6.45) is 1.82. The van der Waals surface area contributed by atoms with Crippen LogP contribution in [0.25, 0.3) is 11.1 Å². The summed E-state index contributed by atoms with van der Waals surface area (Å²) in [5, 5.41) is 3.05. The molecule has 2 rings (SSSR count). The van der Waals surface area contributed by atoms with Crippen LogP contribution in [-0.2, 0) is 0 Å². The molecular formula is C14H17N3. The van der Waals surface area contributed by atoms with Crippen molar-refractivity contribution < 1.29 is 0 Å². The second-order valence-electron chi connectivity index (χ2n) is 4.12. The van der Waals surface area contributed by atoms with Gasteiger partial charge in [0.15, 0.2) is 0 Å².